The lowest BCUT2D eigenvalue weighted by Crippen LogP contribution is -2.30. The second kappa shape index (κ2) is 8.79. The van der Waals surface area contributed by atoms with Crippen molar-refractivity contribution in [1.29, 1.82) is 0 Å². The van der Waals surface area contributed by atoms with Crippen LogP contribution in [0.1, 0.15) is 5.56 Å². The lowest BCUT2D eigenvalue weighted by molar-refractivity contribution is -0.117. The SMILES string of the molecule is CN(CC(=O)Nc1ccccc1-c1ccccc1)Cc1ccccc1Br. The molecule has 3 rings (SSSR count). The Morgan fingerprint density at radius 2 is 1.58 bits per heavy atom. The zero-order valence-electron chi connectivity index (χ0n) is 14.7. The molecule has 0 saturated heterocycles. The number of amides is 1. The van der Waals surface area contributed by atoms with Crippen LogP contribution in [0.25, 0.3) is 11.1 Å². The summed E-state index contributed by atoms with van der Waals surface area (Å²) in [5.74, 6) is -0.0251. The maximum absolute atomic E-state index is 12.5. The van der Waals surface area contributed by atoms with E-state index in [4.69, 9.17) is 0 Å². The summed E-state index contributed by atoms with van der Waals surface area (Å²) in [7, 11) is 1.95. The predicted octanol–water partition coefficient (Wildman–Crippen LogP) is 5.19. The van der Waals surface area contributed by atoms with Crippen LogP contribution < -0.4 is 5.32 Å². The molecule has 0 bridgehead atoms. The Morgan fingerprint density at radius 3 is 2.35 bits per heavy atom. The van der Waals surface area contributed by atoms with Crippen LogP contribution in [0.5, 0.6) is 0 Å². The van der Waals surface area contributed by atoms with E-state index in [0.29, 0.717) is 13.1 Å². The summed E-state index contributed by atoms with van der Waals surface area (Å²) in [6, 6.07) is 26.0. The molecule has 3 nitrogen and oxygen atoms in total. The van der Waals surface area contributed by atoms with Gasteiger partial charge in [-0.3, -0.25) is 9.69 Å². The minimum Gasteiger partial charge on any atom is -0.324 e. The van der Waals surface area contributed by atoms with Crippen LogP contribution in [0, 0.1) is 0 Å². The quantitative estimate of drug-likeness (QED) is 0.608. The minimum absolute atomic E-state index is 0.0251. The van der Waals surface area contributed by atoms with Gasteiger partial charge in [-0.25, -0.2) is 0 Å². The van der Waals surface area contributed by atoms with Crippen LogP contribution in [-0.4, -0.2) is 24.4 Å². The van der Waals surface area contributed by atoms with E-state index in [-0.39, 0.29) is 5.91 Å². The molecular weight excluding hydrogens is 388 g/mol. The first kappa shape index (κ1) is 18.4. The number of hydrogen-bond donors (Lipinski definition) is 1. The molecule has 0 aliphatic heterocycles. The highest BCUT2D eigenvalue weighted by atomic mass is 79.9. The van der Waals surface area contributed by atoms with Gasteiger partial charge in [0.25, 0.3) is 0 Å². The van der Waals surface area contributed by atoms with Gasteiger partial charge in [0.05, 0.1) is 6.54 Å². The zero-order chi connectivity index (χ0) is 18.4. The highest BCUT2D eigenvalue weighted by molar-refractivity contribution is 9.10. The number of carbonyl (C=O) groups excluding carboxylic acids is 1. The number of para-hydroxylation sites is 1. The Balaban J connectivity index is 1.66. The normalized spacial score (nSPS) is 10.7. The minimum atomic E-state index is -0.0251. The number of carbonyl (C=O) groups is 1. The van der Waals surface area contributed by atoms with Gasteiger partial charge in [-0.2, -0.15) is 0 Å². The Kier molecular flexibility index (Phi) is 6.21. The van der Waals surface area contributed by atoms with Crippen molar-refractivity contribution in [3.8, 4) is 11.1 Å². The number of nitrogens with one attached hydrogen (secondary N) is 1. The lowest BCUT2D eigenvalue weighted by atomic mass is 10.0. The summed E-state index contributed by atoms with van der Waals surface area (Å²) < 4.78 is 1.06. The van der Waals surface area contributed by atoms with Gasteiger partial charge in [0.15, 0.2) is 0 Å². The van der Waals surface area contributed by atoms with Gasteiger partial charge >= 0.3 is 0 Å². The largest absolute Gasteiger partial charge is 0.324 e. The molecule has 3 aromatic rings. The highest BCUT2D eigenvalue weighted by Crippen LogP contribution is 2.27. The molecular formula is C22H21BrN2O. The predicted molar refractivity (Wildman–Crippen MR) is 111 cm³/mol. The molecule has 0 aliphatic rings. The molecule has 0 fully saturated rings. The Bertz CT molecular complexity index is 880. The van der Waals surface area contributed by atoms with Crippen molar-refractivity contribution in [3.63, 3.8) is 0 Å². The summed E-state index contributed by atoms with van der Waals surface area (Å²) in [5, 5.41) is 3.05. The molecule has 26 heavy (non-hydrogen) atoms. The number of halogens is 1. The second-order valence-electron chi connectivity index (χ2n) is 6.22. The highest BCUT2D eigenvalue weighted by Gasteiger charge is 2.11. The first-order valence-electron chi connectivity index (χ1n) is 8.50. The van der Waals surface area contributed by atoms with E-state index in [2.05, 4.69) is 27.3 Å². The van der Waals surface area contributed by atoms with Crippen molar-refractivity contribution >= 4 is 27.5 Å². The van der Waals surface area contributed by atoms with Crippen LogP contribution in [0.4, 0.5) is 5.69 Å². The van der Waals surface area contributed by atoms with Crippen LogP contribution in [-0.2, 0) is 11.3 Å². The van der Waals surface area contributed by atoms with Gasteiger partial charge < -0.3 is 5.32 Å². The smallest absolute Gasteiger partial charge is 0.238 e. The maximum Gasteiger partial charge on any atom is 0.238 e. The summed E-state index contributed by atoms with van der Waals surface area (Å²) in [4.78, 5) is 14.5. The number of hydrogen-bond acceptors (Lipinski definition) is 2. The van der Waals surface area contributed by atoms with E-state index in [9.17, 15) is 4.79 Å². The summed E-state index contributed by atoms with van der Waals surface area (Å²) in [5.41, 5.74) is 4.10. The van der Waals surface area contributed by atoms with Crippen molar-refractivity contribution in [2.24, 2.45) is 0 Å². The molecule has 0 atom stereocenters. The first-order valence-corrected chi connectivity index (χ1v) is 9.29. The third-order valence-electron chi connectivity index (χ3n) is 4.10. The van der Waals surface area contributed by atoms with Gasteiger partial charge in [0, 0.05) is 22.3 Å². The molecule has 0 radical (unpaired) electrons. The number of rotatable bonds is 6. The fourth-order valence-electron chi connectivity index (χ4n) is 2.87. The number of nitrogens with zero attached hydrogens (tertiary/aromatic N) is 1. The van der Waals surface area contributed by atoms with Crippen LogP contribution in [0.3, 0.4) is 0 Å². The van der Waals surface area contributed by atoms with Gasteiger partial charge in [-0.05, 0) is 30.3 Å². The van der Waals surface area contributed by atoms with Gasteiger partial charge in [-0.15, -0.1) is 0 Å². The first-order chi connectivity index (χ1) is 12.6. The monoisotopic (exact) mass is 408 g/mol. The Morgan fingerprint density at radius 1 is 0.923 bits per heavy atom. The third-order valence-corrected chi connectivity index (χ3v) is 4.87. The molecule has 0 saturated carbocycles. The van der Waals surface area contributed by atoms with Gasteiger partial charge in [0.1, 0.15) is 0 Å². The number of anilines is 1. The number of benzene rings is 3. The molecule has 1 N–H and O–H groups in total. The lowest BCUT2D eigenvalue weighted by Gasteiger charge is -2.18. The topological polar surface area (TPSA) is 32.3 Å². The van der Waals surface area contributed by atoms with E-state index in [1.54, 1.807) is 0 Å². The standard InChI is InChI=1S/C22H21BrN2O/c1-25(15-18-11-5-7-13-20(18)23)16-22(26)24-21-14-8-6-12-19(21)17-9-3-2-4-10-17/h2-14H,15-16H2,1H3,(H,24,26). The van der Waals surface area contributed by atoms with Gasteiger partial charge in [-0.1, -0.05) is 82.7 Å². The zero-order valence-corrected chi connectivity index (χ0v) is 16.2. The van der Waals surface area contributed by atoms with Crippen LogP contribution in [0.2, 0.25) is 0 Å². The van der Waals surface area contributed by atoms with Crippen molar-refractivity contribution < 1.29 is 4.79 Å². The second-order valence-corrected chi connectivity index (χ2v) is 7.08. The van der Waals surface area contributed by atoms with Gasteiger partial charge in [0.2, 0.25) is 5.91 Å². The molecule has 0 aliphatic carbocycles. The Labute approximate surface area is 162 Å². The van der Waals surface area contributed by atoms with Crippen molar-refractivity contribution in [2.45, 2.75) is 6.54 Å². The van der Waals surface area contributed by atoms with E-state index >= 15 is 0 Å². The van der Waals surface area contributed by atoms with Crippen molar-refractivity contribution in [1.82, 2.24) is 4.90 Å². The number of likely N-dealkylation sites (N-methyl/N-ethyl adjacent to an activating group) is 1. The molecule has 132 valence electrons. The summed E-state index contributed by atoms with van der Waals surface area (Å²) in [6.45, 7) is 1.03. The molecule has 0 unspecified atom stereocenters. The Hall–Kier alpha value is -2.43. The van der Waals surface area contributed by atoms with Crippen LogP contribution in [0.15, 0.2) is 83.3 Å². The molecule has 0 aromatic heterocycles. The third kappa shape index (κ3) is 4.81. The molecule has 3 aromatic carbocycles. The average Bonchev–Trinajstić information content (AvgIpc) is 2.64. The van der Waals surface area contributed by atoms with Crippen molar-refractivity contribution in [3.05, 3.63) is 88.9 Å². The summed E-state index contributed by atoms with van der Waals surface area (Å²) >= 11 is 3.55. The molecule has 1 amide bonds. The van der Waals surface area contributed by atoms with E-state index in [0.717, 1.165) is 26.9 Å². The fourth-order valence-corrected chi connectivity index (χ4v) is 3.28. The van der Waals surface area contributed by atoms with E-state index < -0.39 is 0 Å². The average molecular weight is 409 g/mol. The van der Waals surface area contributed by atoms with Crippen molar-refractivity contribution in [2.75, 3.05) is 18.9 Å². The van der Waals surface area contributed by atoms with E-state index in [1.807, 2.05) is 84.7 Å². The molecule has 0 heterocycles. The maximum atomic E-state index is 12.5. The summed E-state index contributed by atoms with van der Waals surface area (Å²) in [6.07, 6.45) is 0. The molecule has 4 heteroatoms. The fraction of sp³-hybridized carbons (Fsp3) is 0.136. The van der Waals surface area contributed by atoms with E-state index in [1.165, 1.54) is 0 Å². The molecule has 0 spiro atoms. The van der Waals surface area contributed by atoms with Crippen LogP contribution >= 0.6 is 15.9 Å².